The van der Waals surface area contributed by atoms with Crippen molar-refractivity contribution in [2.45, 2.75) is 25.9 Å². The third-order valence-electron chi connectivity index (χ3n) is 2.93. The molecule has 0 spiro atoms. The topological polar surface area (TPSA) is 86.4 Å². The van der Waals surface area contributed by atoms with Crippen molar-refractivity contribution in [3.05, 3.63) is 0 Å². The molecule has 18 heavy (non-hydrogen) atoms. The lowest BCUT2D eigenvalue weighted by atomic mass is 10.1. The molecule has 1 fully saturated rings. The second-order valence-electron chi connectivity index (χ2n) is 4.12. The van der Waals surface area contributed by atoms with Crippen LogP contribution in [0.5, 0.6) is 6.01 Å². The zero-order valence-corrected chi connectivity index (χ0v) is 10.8. The number of rotatable bonds is 4. The molecular weight excluding hydrogens is 234 g/mol. The number of aromatic nitrogens is 3. The van der Waals surface area contributed by atoms with E-state index in [-0.39, 0.29) is 12.0 Å². The van der Waals surface area contributed by atoms with Gasteiger partial charge in [0.2, 0.25) is 11.9 Å². The first-order chi connectivity index (χ1) is 8.72. The van der Waals surface area contributed by atoms with E-state index in [1.165, 1.54) is 7.11 Å². The molecule has 1 aromatic heterocycles. The van der Waals surface area contributed by atoms with Crippen LogP contribution in [0.1, 0.15) is 19.8 Å². The summed E-state index contributed by atoms with van der Waals surface area (Å²) in [5, 5.41) is 0. The highest BCUT2D eigenvalue weighted by molar-refractivity contribution is 5.36. The Balaban J connectivity index is 2.02. The summed E-state index contributed by atoms with van der Waals surface area (Å²) in [6, 6.07) is 0.254. The highest BCUT2D eigenvalue weighted by Gasteiger charge is 2.22. The first kappa shape index (κ1) is 12.8. The van der Waals surface area contributed by atoms with Crippen LogP contribution in [-0.2, 0) is 4.74 Å². The number of nitrogens with zero attached hydrogens (tertiary/aromatic N) is 4. The summed E-state index contributed by atoms with van der Waals surface area (Å²) in [4.78, 5) is 14.3. The smallest absolute Gasteiger partial charge is 0.322 e. The molecule has 0 bridgehead atoms. The Morgan fingerprint density at radius 1 is 1.28 bits per heavy atom. The normalized spacial score (nSPS) is 16.9. The molecule has 0 aromatic carbocycles. The molecule has 7 nitrogen and oxygen atoms in total. The van der Waals surface area contributed by atoms with Crippen LogP contribution in [0.15, 0.2) is 0 Å². The Labute approximate surface area is 106 Å². The van der Waals surface area contributed by atoms with Crippen molar-refractivity contribution in [1.29, 1.82) is 0 Å². The third kappa shape index (κ3) is 2.98. The Morgan fingerprint density at radius 2 is 2.00 bits per heavy atom. The molecular formula is C11H19N5O2. The van der Waals surface area contributed by atoms with Gasteiger partial charge in [0.25, 0.3) is 0 Å². The van der Waals surface area contributed by atoms with E-state index in [9.17, 15) is 0 Å². The van der Waals surface area contributed by atoms with Gasteiger partial charge in [-0.25, -0.2) is 0 Å². The van der Waals surface area contributed by atoms with Crippen molar-refractivity contribution < 1.29 is 9.47 Å². The Morgan fingerprint density at radius 3 is 2.61 bits per heavy atom. The quantitative estimate of drug-likeness (QED) is 0.834. The molecule has 1 aliphatic heterocycles. The molecule has 0 unspecified atom stereocenters. The summed E-state index contributed by atoms with van der Waals surface area (Å²) >= 11 is 0. The summed E-state index contributed by atoms with van der Waals surface area (Å²) in [6.07, 6.45) is 2.29. The van der Waals surface area contributed by atoms with Gasteiger partial charge in [-0.05, 0) is 19.8 Å². The molecule has 2 heterocycles. The highest BCUT2D eigenvalue weighted by Crippen LogP contribution is 2.20. The van der Waals surface area contributed by atoms with Crippen LogP contribution in [0.2, 0.25) is 0 Å². The van der Waals surface area contributed by atoms with E-state index in [4.69, 9.17) is 15.2 Å². The maximum atomic E-state index is 5.62. The Hall–Kier alpha value is -1.63. The van der Waals surface area contributed by atoms with Gasteiger partial charge in [0.05, 0.1) is 13.2 Å². The van der Waals surface area contributed by atoms with Gasteiger partial charge in [-0.15, -0.1) is 0 Å². The molecule has 0 atom stereocenters. The number of methoxy groups -OCH3 is 1. The third-order valence-corrected chi connectivity index (χ3v) is 2.93. The van der Waals surface area contributed by atoms with E-state index in [0.717, 1.165) is 32.5 Å². The number of nitrogens with two attached hydrogens (primary N) is 1. The van der Waals surface area contributed by atoms with E-state index in [0.29, 0.717) is 12.1 Å². The van der Waals surface area contributed by atoms with Gasteiger partial charge in [0.1, 0.15) is 0 Å². The molecule has 100 valence electrons. The maximum Gasteiger partial charge on any atom is 0.322 e. The lowest BCUT2D eigenvalue weighted by Gasteiger charge is -2.31. The van der Waals surface area contributed by atoms with Crippen LogP contribution in [0.4, 0.5) is 11.9 Å². The summed E-state index contributed by atoms with van der Waals surface area (Å²) in [5.74, 6) is 0.762. The Kier molecular flexibility index (Phi) is 4.14. The molecule has 0 aliphatic carbocycles. The van der Waals surface area contributed by atoms with E-state index in [2.05, 4.69) is 19.9 Å². The SMILES string of the molecule is CCOC1CCN(c2nc(N)nc(OC)n2)CC1. The van der Waals surface area contributed by atoms with Crippen LogP contribution >= 0.6 is 0 Å². The number of hydrogen-bond donors (Lipinski definition) is 1. The van der Waals surface area contributed by atoms with E-state index in [1.807, 2.05) is 6.92 Å². The van der Waals surface area contributed by atoms with Gasteiger partial charge in [0.15, 0.2) is 0 Å². The standard InChI is InChI=1S/C11H19N5O2/c1-3-18-8-4-6-16(7-5-8)10-13-9(12)14-11(15-10)17-2/h8H,3-7H2,1-2H3,(H2,12,13,14,15). The minimum Gasteiger partial charge on any atom is -0.467 e. The van der Waals surface area contributed by atoms with Crippen LogP contribution < -0.4 is 15.4 Å². The zero-order valence-electron chi connectivity index (χ0n) is 10.8. The second kappa shape index (κ2) is 5.81. The summed E-state index contributed by atoms with van der Waals surface area (Å²) in [7, 11) is 1.51. The van der Waals surface area contributed by atoms with Crippen molar-refractivity contribution in [1.82, 2.24) is 15.0 Å². The number of ether oxygens (including phenoxy) is 2. The van der Waals surface area contributed by atoms with Gasteiger partial charge in [-0.1, -0.05) is 0 Å². The van der Waals surface area contributed by atoms with Crippen molar-refractivity contribution in [2.75, 3.05) is 37.4 Å². The van der Waals surface area contributed by atoms with Gasteiger partial charge >= 0.3 is 6.01 Å². The molecule has 1 aromatic rings. The highest BCUT2D eigenvalue weighted by atomic mass is 16.5. The van der Waals surface area contributed by atoms with E-state index < -0.39 is 0 Å². The summed E-state index contributed by atoms with van der Waals surface area (Å²) < 4.78 is 10.6. The second-order valence-corrected chi connectivity index (χ2v) is 4.12. The average molecular weight is 253 g/mol. The first-order valence-electron chi connectivity index (χ1n) is 6.15. The van der Waals surface area contributed by atoms with Crippen molar-refractivity contribution in [3.8, 4) is 6.01 Å². The van der Waals surface area contributed by atoms with Crippen LogP contribution in [0.3, 0.4) is 0 Å². The number of hydrogen-bond acceptors (Lipinski definition) is 7. The fourth-order valence-electron chi connectivity index (χ4n) is 2.05. The average Bonchev–Trinajstić information content (AvgIpc) is 2.39. The molecule has 2 N–H and O–H groups in total. The first-order valence-corrected chi connectivity index (χ1v) is 6.15. The predicted octanol–water partition coefficient (Wildman–Crippen LogP) is 0.468. The number of anilines is 2. The molecule has 0 amide bonds. The number of nitrogen functional groups attached to an aromatic ring is 1. The van der Waals surface area contributed by atoms with Crippen molar-refractivity contribution in [3.63, 3.8) is 0 Å². The summed E-state index contributed by atoms with van der Waals surface area (Å²) in [6.45, 7) is 4.50. The minimum absolute atomic E-state index is 0.184. The van der Waals surface area contributed by atoms with Crippen LogP contribution in [0, 0.1) is 0 Å². The fourth-order valence-corrected chi connectivity index (χ4v) is 2.05. The van der Waals surface area contributed by atoms with Crippen molar-refractivity contribution in [2.24, 2.45) is 0 Å². The minimum atomic E-state index is 0.184. The lowest BCUT2D eigenvalue weighted by Crippen LogP contribution is -2.38. The fraction of sp³-hybridized carbons (Fsp3) is 0.727. The molecule has 0 radical (unpaired) electrons. The summed E-state index contributed by atoms with van der Waals surface area (Å²) in [5.41, 5.74) is 5.62. The molecule has 1 saturated heterocycles. The van der Waals surface area contributed by atoms with Gasteiger partial charge in [-0.2, -0.15) is 15.0 Å². The van der Waals surface area contributed by atoms with Crippen LogP contribution in [-0.4, -0.2) is 47.9 Å². The Bertz CT molecular complexity index is 393. The van der Waals surface area contributed by atoms with Gasteiger partial charge < -0.3 is 20.1 Å². The van der Waals surface area contributed by atoms with E-state index in [1.54, 1.807) is 0 Å². The molecule has 1 aliphatic rings. The largest absolute Gasteiger partial charge is 0.467 e. The predicted molar refractivity (Wildman–Crippen MR) is 67.7 cm³/mol. The van der Waals surface area contributed by atoms with E-state index >= 15 is 0 Å². The van der Waals surface area contributed by atoms with Crippen LogP contribution in [0.25, 0.3) is 0 Å². The molecule has 0 saturated carbocycles. The monoisotopic (exact) mass is 253 g/mol. The van der Waals surface area contributed by atoms with Gasteiger partial charge in [0, 0.05) is 19.7 Å². The number of piperidine rings is 1. The zero-order chi connectivity index (χ0) is 13.0. The lowest BCUT2D eigenvalue weighted by molar-refractivity contribution is 0.0457. The van der Waals surface area contributed by atoms with Crippen molar-refractivity contribution >= 4 is 11.9 Å². The molecule has 7 heteroatoms. The molecule has 2 rings (SSSR count). The van der Waals surface area contributed by atoms with Gasteiger partial charge in [-0.3, -0.25) is 0 Å². The maximum absolute atomic E-state index is 5.62.